The molecule has 0 saturated heterocycles. The van der Waals surface area contributed by atoms with Gasteiger partial charge >= 0.3 is 0 Å². The highest BCUT2D eigenvalue weighted by molar-refractivity contribution is 6.18. The summed E-state index contributed by atoms with van der Waals surface area (Å²) in [6.07, 6.45) is 3.71. The highest BCUT2D eigenvalue weighted by Gasteiger charge is 2.14. The number of hydrogen-bond donors (Lipinski definition) is 0. The first kappa shape index (κ1) is 16.1. The van der Waals surface area contributed by atoms with Crippen molar-refractivity contribution in [3.8, 4) is 0 Å². The van der Waals surface area contributed by atoms with E-state index in [-0.39, 0.29) is 0 Å². The topological polar surface area (TPSA) is 16.1 Å². The standard InChI is InChI=1S/C18H25ClN2/c1-4-5-8-11-21(14(2)3)18-12-15(13-19)16-9-6-7-10-17(16)20-18/h6-7,9-10,12,14H,4-5,8,11,13H2,1-3H3. The van der Waals surface area contributed by atoms with Crippen molar-refractivity contribution in [2.24, 2.45) is 0 Å². The Bertz CT molecular complexity index is 580. The van der Waals surface area contributed by atoms with E-state index in [4.69, 9.17) is 16.6 Å². The quantitative estimate of drug-likeness (QED) is 0.504. The van der Waals surface area contributed by atoms with E-state index in [9.17, 15) is 0 Å². The molecule has 0 unspecified atom stereocenters. The van der Waals surface area contributed by atoms with E-state index in [0.29, 0.717) is 11.9 Å². The minimum atomic E-state index is 0.443. The second-order valence-electron chi connectivity index (χ2n) is 5.78. The molecule has 2 nitrogen and oxygen atoms in total. The first-order valence-electron chi connectivity index (χ1n) is 7.88. The van der Waals surface area contributed by atoms with E-state index < -0.39 is 0 Å². The van der Waals surface area contributed by atoms with Gasteiger partial charge in [0.05, 0.1) is 5.52 Å². The first-order valence-corrected chi connectivity index (χ1v) is 8.42. The minimum absolute atomic E-state index is 0.443. The van der Waals surface area contributed by atoms with Crippen molar-refractivity contribution in [3.05, 3.63) is 35.9 Å². The van der Waals surface area contributed by atoms with E-state index in [1.807, 2.05) is 12.1 Å². The molecule has 0 amide bonds. The van der Waals surface area contributed by atoms with Crippen LogP contribution in [0.25, 0.3) is 10.9 Å². The van der Waals surface area contributed by atoms with Crippen molar-refractivity contribution in [3.63, 3.8) is 0 Å². The molecular weight excluding hydrogens is 280 g/mol. The highest BCUT2D eigenvalue weighted by Crippen LogP contribution is 2.25. The number of halogens is 1. The third kappa shape index (κ3) is 3.88. The van der Waals surface area contributed by atoms with Crippen LogP contribution in [0.3, 0.4) is 0 Å². The van der Waals surface area contributed by atoms with Crippen molar-refractivity contribution < 1.29 is 0 Å². The number of nitrogens with zero attached hydrogens (tertiary/aromatic N) is 2. The number of rotatable bonds is 7. The molecular formula is C18H25ClN2. The number of unbranched alkanes of at least 4 members (excludes halogenated alkanes) is 2. The van der Waals surface area contributed by atoms with Gasteiger partial charge in [0.1, 0.15) is 5.82 Å². The van der Waals surface area contributed by atoms with E-state index in [2.05, 4.69) is 43.9 Å². The maximum Gasteiger partial charge on any atom is 0.129 e. The molecule has 1 aromatic heterocycles. The van der Waals surface area contributed by atoms with Crippen LogP contribution in [0, 0.1) is 0 Å². The lowest BCUT2D eigenvalue weighted by molar-refractivity contribution is 0.620. The lowest BCUT2D eigenvalue weighted by Gasteiger charge is -2.28. The predicted molar refractivity (Wildman–Crippen MR) is 93.3 cm³/mol. The van der Waals surface area contributed by atoms with Crippen LogP contribution >= 0.6 is 11.6 Å². The van der Waals surface area contributed by atoms with Crippen LogP contribution in [0.1, 0.15) is 45.6 Å². The number of para-hydroxylation sites is 1. The van der Waals surface area contributed by atoms with Crippen LogP contribution in [0.15, 0.2) is 30.3 Å². The van der Waals surface area contributed by atoms with Crippen LogP contribution in [-0.2, 0) is 5.88 Å². The maximum atomic E-state index is 6.14. The molecule has 2 rings (SSSR count). The Morgan fingerprint density at radius 3 is 2.62 bits per heavy atom. The Balaban J connectivity index is 2.38. The monoisotopic (exact) mass is 304 g/mol. The van der Waals surface area contributed by atoms with Crippen LogP contribution in [0.4, 0.5) is 5.82 Å². The molecule has 0 N–H and O–H groups in total. The van der Waals surface area contributed by atoms with Gasteiger partial charge in [-0.1, -0.05) is 38.0 Å². The van der Waals surface area contributed by atoms with Gasteiger partial charge in [0.25, 0.3) is 0 Å². The molecule has 114 valence electrons. The Hall–Kier alpha value is -1.28. The van der Waals surface area contributed by atoms with Gasteiger partial charge < -0.3 is 4.90 Å². The van der Waals surface area contributed by atoms with Crippen molar-refractivity contribution in [2.75, 3.05) is 11.4 Å². The summed E-state index contributed by atoms with van der Waals surface area (Å²) in [5.41, 5.74) is 2.20. The van der Waals surface area contributed by atoms with E-state index in [1.165, 1.54) is 24.8 Å². The number of alkyl halides is 1. The van der Waals surface area contributed by atoms with Crippen molar-refractivity contribution in [2.45, 2.75) is 52.0 Å². The van der Waals surface area contributed by atoms with Gasteiger partial charge in [0.2, 0.25) is 0 Å². The number of benzene rings is 1. The summed E-state index contributed by atoms with van der Waals surface area (Å²) in [6, 6.07) is 10.8. The summed E-state index contributed by atoms with van der Waals surface area (Å²) >= 11 is 6.14. The maximum absolute atomic E-state index is 6.14. The van der Waals surface area contributed by atoms with Gasteiger partial charge in [0, 0.05) is 23.9 Å². The molecule has 0 fully saturated rings. The molecule has 3 heteroatoms. The van der Waals surface area contributed by atoms with Crippen LogP contribution < -0.4 is 4.90 Å². The number of fused-ring (bicyclic) bond motifs is 1. The van der Waals surface area contributed by atoms with Crippen LogP contribution in [-0.4, -0.2) is 17.6 Å². The Kier molecular flexibility index (Phi) is 5.86. The van der Waals surface area contributed by atoms with E-state index in [1.54, 1.807) is 0 Å². The molecule has 0 aliphatic rings. The second-order valence-corrected chi connectivity index (χ2v) is 6.05. The largest absolute Gasteiger partial charge is 0.354 e. The molecule has 0 bridgehead atoms. The molecule has 0 saturated carbocycles. The Morgan fingerprint density at radius 1 is 1.19 bits per heavy atom. The lowest BCUT2D eigenvalue weighted by atomic mass is 10.1. The average molecular weight is 305 g/mol. The Labute approximate surface area is 133 Å². The normalized spacial score (nSPS) is 11.3. The van der Waals surface area contributed by atoms with Gasteiger partial charge in [0.15, 0.2) is 0 Å². The fraction of sp³-hybridized carbons (Fsp3) is 0.500. The van der Waals surface area contributed by atoms with Crippen LogP contribution in [0.5, 0.6) is 0 Å². The molecule has 2 aromatic rings. The fourth-order valence-corrected chi connectivity index (χ4v) is 2.88. The predicted octanol–water partition coefficient (Wildman–Crippen LogP) is 5.38. The minimum Gasteiger partial charge on any atom is -0.354 e. The molecule has 0 aliphatic heterocycles. The molecule has 21 heavy (non-hydrogen) atoms. The van der Waals surface area contributed by atoms with E-state index >= 15 is 0 Å². The lowest BCUT2D eigenvalue weighted by Crippen LogP contribution is -2.32. The third-order valence-electron chi connectivity index (χ3n) is 3.85. The fourth-order valence-electron chi connectivity index (χ4n) is 2.66. The molecule has 1 aromatic carbocycles. The summed E-state index contributed by atoms with van der Waals surface area (Å²) in [6.45, 7) is 7.74. The smallest absolute Gasteiger partial charge is 0.129 e. The SMILES string of the molecule is CCCCCN(c1cc(CCl)c2ccccc2n1)C(C)C. The zero-order valence-electron chi connectivity index (χ0n) is 13.3. The van der Waals surface area contributed by atoms with Gasteiger partial charge in [-0.25, -0.2) is 4.98 Å². The van der Waals surface area contributed by atoms with Crippen molar-refractivity contribution in [1.82, 2.24) is 4.98 Å². The summed E-state index contributed by atoms with van der Waals surface area (Å²) in [5, 5.41) is 1.16. The molecule has 1 heterocycles. The van der Waals surface area contributed by atoms with E-state index in [0.717, 1.165) is 23.3 Å². The summed E-state index contributed by atoms with van der Waals surface area (Å²) in [7, 11) is 0. The van der Waals surface area contributed by atoms with Gasteiger partial charge in [-0.2, -0.15) is 0 Å². The average Bonchev–Trinajstić information content (AvgIpc) is 2.50. The van der Waals surface area contributed by atoms with Gasteiger partial charge in [-0.15, -0.1) is 11.6 Å². The summed E-state index contributed by atoms with van der Waals surface area (Å²) in [4.78, 5) is 7.24. The second kappa shape index (κ2) is 7.65. The molecule has 0 atom stereocenters. The number of anilines is 1. The van der Waals surface area contributed by atoms with Crippen LogP contribution in [0.2, 0.25) is 0 Å². The third-order valence-corrected chi connectivity index (χ3v) is 4.14. The summed E-state index contributed by atoms with van der Waals surface area (Å²) < 4.78 is 0. The zero-order valence-corrected chi connectivity index (χ0v) is 14.0. The van der Waals surface area contributed by atoms with Crippen molar-refractivity contribution >= 4 is 28.3 Å². The number of aromatic nitrogens is 1. The Morgan fingerprint density at radius 2 is 1.95 bits per heavy atom. The highest BCUT2D eigenvalue weighted by atomic mass is 35.5. The van der Waals surface area contributed by atoms with Gasteiger partial charge in [-0.05, 0) is 38.0 Å². The molecule has 0 aliphatic carbocycles. The first-order chi connectivity index (χ1) is 10.2. The number of hydrogen-bond acceptors (Lipinski definition) is 2. The van der Waals surface area contributed by atoms with Gasteiger partial charge in [-0.3, -0.25) is 0 Å². The molecule has 0 spiro atoms. The van der Waals surface area contributed by atoms with Crippen molar-refractivity contribution in [1.29, 1.82) is 0 Å². The summed E-state index contributed by atoms with van der Waals surface area (Å²) in [5.74, 6) is 1.58. The zero-order chi connectivity index (χ0) is 15.2. The molecule has 0 radical (unpaired) electrons. The number of pyridine rings is 1.